The van der Waals surface area contributed by atoms with Crippen molar-refractivity contribution in [3.63, 3.8) is 0 Å². The van der Waals surface area contributed by atoms with Gasteiger partial charge in [0.15, 0.2) is 5.16 Å². The fourth-order valence-corrected chi connectivity index (χ4v) is 4.98. The molecule has 1 aliphatic heterocycles. The normalized spacial score (nSPS) is 15.4. The van der Waals surface area contributed by atoms with Gasteiger partial charge in [-0.25, -0.2) is 9.78 Å². The van der Waals surface area contributed by atoms with Gasteiger partial charge in [-0.1, -0.05) is 18.7 Å². The predicted molar refractivity (Wildman–Crippen MR) is 129 cm³/mol. The van der Waals surface area contributed by atoms with Crippen molar-refractivity contribution in [1.82, 2.24) is 19.4 Å². The quantitative estimate of drug-likeness (QED) is 0.287. The maximum atomic E-state index is 13.4. The summed E-state index contributed by atoms with van der Waals surface area (Å²) in [6, 6.07) is 8.20. The van der Waals surface area contributed by atoms with Gasteiger partial charge in [-0.3, -0.25) is 14.2 Å². The van der Waals surface area contributed by atoms with Gasteiger partial charge in [0.25, 0.3) is 5.56 Å². The molecule has 3 heterocycles. The molecule has 1 saturated heterocycles. The van der Waals surface area contributed by atoms with E-state index in [0.29, 0.717) is 40.5 Å². The first kappa shape index (κ1) is 24.0. The van der Waals surface area contributed by atoms with Crippen LogP contribution in [-0.4, -0.2) is 76.3 Å². The predicted octanol–water partition coefficient (Wildman–Crippen LogP) is 2.47. The molecule has 0 saturated carbocycles. The number of ether oxygens (including phenoxy) is 1. The van der Waals surface area contributed by atoms with Gasteiger partial charge < -0.3 is 19.0 Å². The maximum Gasteiger partial charge on any atom is 0.337 e. The van der Waals surface area contributed by atoms with Gasteiger partial charge in [0.05, 0.1) is 41.6 Å². The summed E-state index contributed by atoms with van der Waals surface area (Å²) in [6.07, 6.45) is 1.55. The fraction of sp³-hybridized carbons (Fsp3) is 0.417. The molecule has 1 aliphatic rings. The number of aromatic nitrogens is 2. The zero-order valence-electron chi connectivity index (χ0n) is 19.5. The second-order valence-corrected chi connectivity index (χ2v) is 9.42. The number of likely N-dealkylation sites (N-methyl/N-ethyl adjacent to an activating group) is 1. The Morgan fingerprint density at radius 2 is 1.97 bits per heavy atom. The van der Waals surface area contributed by atoms with E-state index in [9.17, 15) is 14.4 Å². The maximum absolute atomic E-state index is 13.4. The largest absolute Gasteiger partial charge is 0.467 e. The van der Waals surface area contributed by atoms with E-state index in [2.05, 4.69) is 16.8 Å². The molecule has 1 unspecified atom stereocenters. The third-order valence-electron chi connectivity index (χ3n) is 6.00. The molecule has 0 aliphatic carbocycles. The minimum Gasteiger partial charge on any atom is -0.467 e. The standard InChI is InChI=1S/C24H28N4O5S/c1-4-26-9-11-27(12-10-26)21(29)16(2)34-24-25-20-14-17(23(31)32-3)7-8-19(20)22(30)28(24)15-18-6-5-13-33-18/h5-8,13-14,16H,4,9-12,15H2,1-3H3. The Bertz CT molecular complexity index is 1230. The van der Waals surface area contributed by atoms with Crippen LogP contribution in [0.15, 0.2) is 51.0 Å². The van der Waals surface area contributed by atoms with Gasteiger partial charge in [0.1, 0.15) is 5.76 Å². The van der Waals surface area contributed by atoms with Crippen LogP contribution < -0.4 is 5.56 Å². The molecule has 1 aromatic carbocycles. The number of hydrogen-bond donors (Lipinski definition) is 0. The van der Waals surface area contributed by atoms with E-state index in [1.807, 2.05) is 11.8 Å². The average molecular weight is 485 g/mol. The number of thioether (sulfide) groups is 1. The molecule has 180 valence electrons. The lowest BCUT2D eigenvalue weighted by Crippen LogP contribution is -2.50. The summed E-state index contributed by atoms with van der Waals surface area (Å²) in [5.41, 5.74) is 0.415. The first-order chi connectivity index (χ1) is 16.4. The topological polar surface area (TPSA) is 97.9 Å². The summed E-state index contributed by atoms with van der Waals surface area (Å²) in [5, 5.41) is 0.325. The summed E-state index contributed by atoms with van der Waals surface area (Å²) in [6.45, 7) is 8.18. The van der Waals surface area contributed by atoms with Gasteiger partial charge in [-0.15, -0.1) is 0 Å². The molecule has 4 rings (SSSR count). The number of methoxy groups -OCH3 is 1. The van der Waals surface area contributed by atoms with Gasteiger partial charge in [0, 0.05) is 26.2 Å². The number of hydrogen-bond acceptors (Lipinski definition) is 8. The van der Waals surface area contributed by atoms with Crippen molar-refractivity contribution < 1.29 is 18.7 Å². The molecule has 0 radical (unpaired) electrons. The highest BCUT2D eigenvalue weighted by Gasteiger charge is 2.27. The van der Waals surface area contributed by atoms with Crippen molar-refractivity contribution in [2.24, 2.45) is 0 Å². The molecule has 3 aromatic rings. The Hall–Kier alpha value is -3.11. The number of piperazine rings is 1. The molecule has 1 fully saturated rings. The minimum absolute atomic E-state index is 0.0166. The molecular formula is C24H28N4O5S. The van der Waals surface area contributed by atoms with Crippen LogP contribution in [0.25, 0.3) is 10.9 Å². The number of nitrogens with zero attached hydrogens (tertiary/aromatic N) is 4. The van der Waals surface area contributed by atoms with Crippen molar-refractivity contribution >= 4 is 34.5 Å². The van der Waals surface area contributed by atoms with E-state index in [0.717, 1.165) is 19.6 Å². The Morgan fingerprint density at radius 3 is 2.62 bits per heavy atom. The van der Waals surface area contributed by atoms with E-state index < -0.39 is 11.2 Å². The first-order valence-electron chi connectivity index (χ1n) is 11.2. The monoisotopic (exact) mass is 484 g/mol. The Morgan fingerprint density at radius 1 is 1.21 bits per heavy atom. The number of esters is 1. The number of amides is 1. The Labute approximate surface area is 201 Å². The summed E-state index contributed by atoms with van der Waals surface area (Å²) < 4.78 is 11.8. The van der Waals surface area contributed by atoms with Gasteiger partial charge in [0.2, 0.25) is 5.91 Å². The average Bonchev–Trinajstić information content (AvgIpc) is 3.38. The van der Waals surface area contributed by atoms with Crippen LogP contribution >= 0.6 is 11.8 Å². The zero-order chi connectivity index (χ0) is 24.2. The highest BCUT2D eigenvalue weighted by Crippen LogP contribution is 2.25. The molecule has 34 heavy (non-hydrogen) atoms. The lowest BCUT2D eigenvalue weighted by atomic mass is 10.1. The van der Waals surface area contributed by atoms with Crippen LogP contribution in [0, 0.1) is 0 Å². The zero-order valence-corrected chi connectivity index (χ0v) is 20.3. The molecule has 10 heteroatoms. The smallest absolute Gasteiger partial charge is 0.337 e. The van der Waals surface area contributed by atoms with Gasteiger partial charge in [-0.05, 0) is 43.8 Å². The fourth-order valence-electron chi connectivity index (χ4n) is 3.98. The summed E-state index contributed by atoms with van der Waals surface area (Å²) in [4.78, 5) is 47.4. The van der Waals surface area contributed by atoms with Crippen molar-refractivity contribution in [3.8, 4) is 0 Å². The van der Waals surface area contributed by atoms with Gasteiger partial charge >= 0.3 is 5.97 Å². The number of rotatable bonds is 7. The van der Waals surface area contributed by atoms with E-state index >= 15 is 0 Å². The Balaban J connectivity index is 1.67. The second kappa shape index (κ2) is 10.4. The number of carbonyl (C=O) groups excluding carboxylic acids is 2. The van der Waals surface area contributed by atoms with Crippen molar-refractivity contribution in [3.05, 3.63) is 58.3 Å². The summed E-state index contributed by atoms with van der Waals surface area (Å²) >= 11 is 1.24. The van der Waals surface area contributed by atoms with E-state index in [1.54, 1.807) is 36.6 Å². The summed E-state index contributed by atoms with van der Waals surface area (Å²) in [7, 11) is 1.30. The number of benzene rings is 1. The third kappa shape index (κ3) is 5.02. The van der Waals surface area contributed by atoms with E-state index in [-0.39, 0.29) is 18.0 Å². The van der Waals surface area contributed by atoms with Crippen molar-refractivity contribution in [2.75, 3.05) is 39.8 Å². The van der Waals surface area contributed by atoms with Crippen LogP contribution in [-0.2, 0) is 16.1 Å². The third-order valence-corrected chi connectivity index (χ3v) is 7.07. The van der Waals surface area contributed by atoms with Crippen molar-refractivity contribution in [1.29, 1.82) is 0 Å². The van der Waals surface area contributed by atoms with Crippen LogP contribution in [0.5, 0.6) is 0 Å². The van der Waals surface area contributed by atoms with Crippen LogP contribution in [0.3, 0.4) is 0 Å². The van der Waals surface area contributed by atoms with E-state index in [1.165, 1.54) is 23.4 Å². The van der Waals surface area contributed by atoms with E-state index in [4.69, 9.17) is 9.15 Å². The van der Waals surface area contributed by atoms with Crippen LogP contribution in [0.1, 0.15) is 30.0 Å². The first-order valence-corrected chi connectivity index (χ1v) is 12.1. The molecular weight excluding hydrogens is 456 g/mol. The highest BCUT2D eigenvalue weighted by atomic mass is 32.2. The second-order valence-electron chi connectivity index (χ2n) is 8.11. The lowest BCUT2D eigenvalue weighted by molar-refractivity contribution is -0.132. The lowest BCUT2D eigenvalue weighted by Gasteiger charge is -2.35. The summed E-state index contributed by atoms with van der Waals surface area (Å²) in [5.74, 6) is 0.112. The molecule has 2 aromatic heterocycles. The number of furan rings is 1. The molecule has 9 nitrogen and oxygen atoms in total. The van der Waals surface area contributed by atoms with Crippen LogP contribution in [0.2, 0.25) is 0 Å². The SMILES string of the molecule is CCN1CCN(C(=O)C(C)Sc2nc3cc(C(=O)OC)ccc3c(=O)n2Cc2ccco2)CC1. The highest BCUT2D eigenvalue weighted by molar-refractivity contribution is 8.00. The van der Waals surface area contributed by atoms with Crippen LogP contribution in [0.4, 0.5) is 0 Å². The molecule has 0 spiro atoms. The Kier molecular flexibility index (Phi) is 7.38. The molecule has 1 atom stereocenters. The number of carbonyl (C=O) groups is 2. The molecule has 0 bridgehead atoms. The minimum atomic E-state index is -0.507. The molecule has 1 amide bonds. The molecule has 0 N–H and O–H groups in total. The van der Waals surface area contributed by atoms with Crippen molar-refractivity contribution in [2.45, 2.75) is 30.8 Å². The van der Waals surface area contributed by atoms with Gasteiger partial charge in [-0.2, -0.15) is 0 Å². The number of fused-ring (bicyclic) bond motifs is 1.